The predicted molar refractivity (Wildman–Crippen MR) is 135 cm³/mol. The molecule has 5 N–H and O–H groups in total. The highest BCUT2D eigenvalue weighted by molar-refractivity contribution is 8.56. The van der Waals surface area contributed by atoms with E-state index in [9.17, 15) is 19.6 Å². The molecule has 0 saturated carbocycles. The van der Waals surface area contributed by atoms with Gasteiger partial charge in [-0.1, -0.05) is 24.7 Å². The zero-order valence-electron chi connectivity index (χ0n) is 20.9. The Balaban J connectivity index is 1.47. The second kappa shape index (κ2) is 11.4. The third-order valence-corrected chi connectivity index (χ3v) is 10.4. The SMILES string of the molecule is CCCCOC(=O)C1CCCSP(=O)(OC[C@H]2OC(n3cnc4c(OC)nc(N)nc43)[C@](C)(O)[C@@H]2O)N1. The summed E-state index contributed by atoms with van der Waals surface area (Å²) in [6.07, 6.45) is 0.538. The fourth-order valence-electron chi connectivity index (χ4n) is 4.20. The number of nitrogens with two attached hydrogens (primary N) is 1. The van der Waals surface area contributed by atoms with Gasteiger partial charge in [0.2, 0.25) is 11.8 Å². The van der Waals surface area contributed by atoms with Gasteiger partial charge in [0, 0.05) is 5.75 Å². The van der Waals surface area contributed by atoms with Gasteiger partial charge in [0.15, 0.2) is 17.4 Å². The molecule has 0 aromatic carbocycles. The van der Waals surface area contributed by atoms with Crippen LogP contribution in [-0.4, -0.2) is 85.6 Å². The number of aromatic nitrogens is 4. The number of hydrogen-bond donors (Lipinski definition) is 4. The van der Waals surface area contributed by atoms with Gasteiger partial charge in [-0.25, -0.2) is 10.1 Å². The Labute approximate surface area is 217 Å². The Hall–Kier alpha value is -2.00. The minimum atomic E-state index is -3.54. The molecule has 2 aliphatic heterocycles. The van der Waals surface area contributed by atoms with Gasteiger partial charge in [0.1, 0.15) is 23.9 Å². The monoisotopic (exact) mass is 560 g/mol. The van der Waals surface area contributed by atoms with Crippen molar-refractivity contribution < 1.29 is 38.3 Å². The Kier molecular flexibility index (Phi) is 8.63. The van der Waals surface area contributed by atoms with Crippen molar-refractivity contribution in [1.82, 2.24) is 24.6 Å². The predicted octanol–water partition coefficient (Wildman–Crippen LogP) is 1.38. The maximum Gasteiger partial charge on any atom is 0.327 e. The molecule has 14 nitrogen and oxygen atoms in total. The normalized spacial score (nSPS) is 32.4. The van der Waals surface area contributed by atoms with E-state index in [4.69, 9.17) is 24.5 Å². The average Bonchev–Trinajstić information content (AvgIpc) is 3.28. The summed E-state index contributed by atoms with van der Waals surface area (Å²) in [4.78, 5) is 24.9. The molecule has 0 spiro atoms. The van der Waals surface area contributed by atoms with E-state index in [1.165, 1.54) is 24.9 Å². The summed E-state index contributed by atoms with van der Waals surface area (Å²) >= 11 is 1.08. The van der Waals surface area contributed by atoms with Crippen LogP contribution in [0.25, 0.3) is 11.2 Å². The highest BCUT2D eigenvalue weighted by Crippen LogP contribution is 2.58. The zero-order valence-corrected chi connectivity index (χ0v) is 22.6. The van der Waals surface area contributed by atoms with Gasteiger partial charge in [0.25, 0.3) is 0 Å². The number of fused-ring (bicyclic) bond motifs is 1. The molecule has 0 aliphatic carbocycles. The quantitative estimate of drug-likeness (QED) is 0.195. The van der Waals surface area contributed by atoms with Crippen LogP contribution in [0.3, 0.4) is 0 Å². The van der Waals surface area contributed by atoms with Gasteiger partial charge in [0.05, 0.1) is 26.7 Å². The molecule has 16 heteroatoms. The van der Waals surface area contributed by atoms with Crippen LogP contribution in [0, 0.1) is 0 Å². The number of nitrogens with zero attached hydrogens (tertiary/aromatic N) is 4. The van der Waals surface area contributed by atoms with Crippen LogP contribution >= 0.6 is 18.1 Å². The smallest absolute Gasteiger partial charge is 0.327 e. The number of nitrogens with one attached hydrogen (secondary N) is 1. The zero-order chi connectivity index (χ0) is 26.8. The molecule has 0 amide bonds. The average molecular weight is 561 g/mol. The van der Waals surface area contributed by atoms with Gasteiger partial charge in [-0.15, -0.1) is 0 Å². The summed E-state index contributed by atoms with van der Waals surface area (Å²) < 4.78 is 37.1. The third-order valence-electron chi connectivity index (χ3n) is 6.26. The molecule has 2 fully saturated rings. The highest BCUT2D eigenvalue weighted by Gasteiger charge is 2.54. The van der Waals surface area contributed by atoms with Crippen LogP contribution in [0.4, 0.5) is 5.95 Å². The second-order valence-corrected chi connectivity index (χ2v) is 13.5. The van der Waals surface area contributed by atoms with Crippen molar-refractivity contribution in [3.8, 4) is 5.88 Å². The lowest BCUT2D eigenvalue weighted by molar-refractivity contribution is -0.146. The van der Waals surface area contributed by atoms with Crippen LogP contribution in [0.15, 0.2) is 6.33 Å². The Morgan fingerprint density at radius 1 is 1.46 bits per heavy atom. The molecular formula is C21H33N6O8PS. The van der Waals surface area contributed by atoms with Crippen LogP contribution in [0.5, 0.6) is 5.88 Å². The first-order valence-electron chi connectivity index (χ1n) is 12.0. The fraction of sp³-hybridized carbons (Fsp3) is 0.714. The van der Waals surface area contributed by atoms with Crippen LogP contribution < -0.4 is 15.6 Å². The van der Waals surface area contributed by atoms with Crippen molar-refractivity contribution in [2.75, 3.05) is 31.8 Å². The molecule has 37 heavy (non-hydrogen) atoms. The number of aliphatic hydroxyl groups is 2. The molecule has 2 aromatic rings. The van der Waals surface area contributed by atoms with E-state index in [2.05, 4.69) is 20.0 Å². The first-order valence-corrected chi connectivity index (χ1v) is 15.2. The van der Waals surface area contributed by atoms with Crippen molar-refractivity contribution >= 4 is 41.2 Å². The molecule has 2 saturated heterocycles. The first-order chi connectivity index (χ1) is 17.6. The number of hydrogen-bond acceptors (Lipinski definition) is 13. The van der Waals surface area contributed by atoms with E-state index >= 15 is 0 Å². The van der Waals surface area contributed by atoms with E-state index in [0.717, 1.165) is 24.2 Å². The third kappa shape index (κ3) is 5.87. The molecule has 2 aliphatic rings. The number of anilines is 1. The minimum Gasteiger partial charge on any atom is -0.479 e. The second-order valence-electron chi connectivity index (χ2n) is 9.08. The van der Waals surface area contributed by atoms with E-state index < -0.39 is 42.8 Å². The maximum absolute atomic E-state index is 13.5. The number of ether oxygens (including phenoxy) is 3. The number of esters is 1. The summed E-state index contributed by atoms with van der Waals surface area (Å²) in [5, 5.41) is 24.9. The molecule has 0 radical (unpaired) electrons. The number of methoxy groups -OCH3 is 1. The molecule has 0 bridgehead atoms. The van der Waals surface area contributed by atoms with E-state index in [0.29, 0.717) is 30.7 Å². The minimum absolute atomic E-state index is 0.0680. The lowest BCUT2D eigenvalue weighted by Gasteiger charge is -2.27. The highest BCUT2D eigenvalue weighted by atomic mass is 32.7. The van der Waals surface area contributed by atoms with E-state index in [1.807, 2.05) is 6.92 Å². The summed E-state index contributed by atoms with van der Waals surface area (Å²) in [6.45, 7) is -0.156. The maximum atomic E-state index is 13.5. The van der Waals surface area contributed by atoms with E-state index in [-0.39, 0.29) is 24.1 Å². The Bertz CT molecular complexity index is 1170. The standard InChI is InChI=1S/C21H33N6O8PS/c1-4-5-8-33-18(29)12-7-6-9-37-36(31,26-12)34-10-13-15(28)21(2,30)19(35-13)27-11-23-14-16(27)24-20(22)25-17(14)32-3/h11-13,15,19,28,30H,4-10H2,1-3H3,(H,26,31)(H2,22,24,25)/t12?,13-,15-,19?,21-,36?/m1/s1. The van der Waals surface area contributed by atoms with Crippen molar-refractivity contribution in [2.24, 2.45) is 0 Å². The topological polar surface area (TPSA) is 193 Å². The lowest BCUT2D eigenvalue weighted by atomic mass is 9.96. The van der Waals surface area contributed by atoms with Crippen molar-refractivity contribution in [3.63, 3.8) is 0 Å². The number of imidazole rings is 1. The lowest BCUT2D eigenvalue weighted by Crippen LogP contribution is -2.44. The number of unbranched alkanes of at least 4 members (excludes halogenated alkanes) is 1. The number of nitrogen functional groups attached to an aromatic ring is 1. The Morgan fingerprint density at radius 2 is 2.24 bits per heavy atom. The van der Waals surface area contributed by atoms with Crippen molar-refractivity contribution in [2.45, 2.75) is 69.6 Å². The van der Waals surface area contributed by atoms with Gasteiger partial charge >= 0.3 is 12.7 Å². The van der Waals surface area contributed by atoms with Gasteiger partial charge in [-0.3, -0.25) is 13.9 Å². The molecule has 3 unspecified atom stereocenters. The summed E-state index contributed by atoms with van der Waals surface area (Å²) in [7, 11) is 1.41. The summed E-state index contributed by atoms with van der Waals surface area (Å²) in [5.74, 6) is 0.128. The van der Waals surface area contributed by atoms with Crippen molar-refractivity contribution in [3.05, 3.63) is 6.33 Å². The Morgan fingerprint density at radius 3 is 2.97 bits per heavy atom. The summed E-state index contributed by atoms with van der Waals surface area (Å²) in [5.41, 5.74) is 4.53. The molecular weight excluding hydrogens is 527 g/mol. The van der Waals surface area contributed by atoms with E-state index in [1.54, 1.807) is 0 Å². The first kappa shape index (κ1) is 28.0. The number of carbonyl (C=O) groups excluding carboxylic acids is 1. The molecule has 6 atom stereocenters. The van der Waals surface area contributed by atoms with Crippen LogP contribution in [-0.2, 0) is 23.4 Å². The largest absolute Gasteiger partial charge is 0.479 e. The molecule has 4 rings (SSSR count). The molecule has 2 aromatic heterocycles. The van der Waals surface area contributed by atoms with Crippen molar-refractivity contribution in [1.29, 1.82) is 0 Å². The van der Waals surface area contributed by atoms with Gasteiger partial charge < -0.3 is 34.7 Å². The van der Waals surface area contributed by atoms with Gasteiger partial charge in [-0.2, -0.15) is 9.97 Å². The summed E-state index contributed by atoms with van der Waals surface area (Å²) in [6, 6.07) is -0.764. The van der Waals surface area contributed by atoms with Gasteiger partial charge in [-0.05, 0) is 26.2 Å². The van der Waals surface area contributed by atoms with Crippen LogP contribution in [0.2, 0.25) is 0 Å². The van der Waals surface area contributed by atoms with Crippen LogP contribution in [0.1, 0.15) is 45.8 Å². The number of rotatable bonds is 9. The number of aliphatic hydroxyl groups excluding tert-OH is 1. The number of carbonyl (C=O) groups is 1. The fourth-order valence-corrected chi connectivity index (χ4v) is 8.04. The molecule has 4 heterocycles. The molecule has 206 valence electrons.